The highest BCUT2D eigenvalue weighted by Gasteiger charge is 2.48. The lowest BCUT2D eigenvalue weighted by molar-refractivity contribution is -0.157. The van der Waals surface area contributed by atoms with E-state index in [1.54, 1.807) is 27.0 Å². The summed E-state index contributed by atoms with van der Waals surface area (Å²) in [6, 6.07) is 13.4. The minimum atomic E-state index is -4.10. The first-order valence-electron chi connectivity index (χ1n) is 15.5. The molecule has 0 aliphatic heterocycles. The molecule has 11 heteroatoms. The van der Waals surface area contributed by atoms with Crippen LogP contribution in [0.25, 0.3) is 11.1 Å². The van der Waals surface area contributed by atoms with Crippen LogP contribution in [0.15, 0.2) is 65.8 Å². The molecule has 2 aliphatic carbocycles. The Morgan fingerprint density at radius 3 is 2.56 bits per heavy atom. The normalized spacial score (nSPS) is 16.6. The lowest BCUT2D eigenvalue weighted by Gasteiger charge is -2.25. The van der Waals surface area contributed by atoms with E-state index >= 15 is 0 Å². The number of ether oxygens (including phenoxy) is 3. The lowest BCUT2D eigenvalue weighted by atomic mass is 9.96. The number of sulfonamides is 1. The van der Waals surface area contributed by atoms with Gasteiger partial charge in [-0.1, -0.05) is 36.2 Å². The second kappa shape index (κ2) is 13.8. The number of aromatic nitrogens is 1. The Kier molecular flexibility index (Phi) is 10.2. The highest BCUT2D eigenvalue weighted by Crippen LogP contribution is 2.53. The summed E-state index contributed by atoms with van der Waals surface area (Å²) >= 11 is 6.55. The summed E-state index contributed by atoms with van der Waals surface area (Å²) in [6.45, 7) is 5.75. The van der Waals surface area contributed by atoms with Crippen molar-refractivity contribution in [2.24, 2.45) is 5.73 Å². The van der Waals surface area contributed by atoms with E-state index in [4.69, 9.17) is 31.5 Å². The molecule has 2 aromatic carbocycles. The molecule has 2 aliphatic rings. The molecule has 0 saturated heterocycles. The van der Waals surface area contributed by atoms with Gasteiger partial charge in [-0.25, -0.2) is 8.42 Å². The van der Waals surface area contributed by atoms with Gasteiger partial charge in [0.2, 0.25) is 10.0 Å². The van der Waals surface area contributed by atoms with Gasteiger partial charge < -0.3 is 19.9 Å². The van der Waals surface area contributed by atoms with Gasteiger partial charge in [0.05, 0.1) is 23.2 Å². The molecule has 3 N–H and O–H groups in total. The van der Waals surface area contributed by atoms with E-state index in [9.17, 15) is 13.2 Å². The van der Waals surface area contributed by atoms with Gasteiger partial charge in [0.1, 0.15) is 17.4 Å². The number of carbonyl (C=O) groups is 1. The van der Waals surface area contributed by atoms with Crippen molar-refractivity contribution in [2.45, 2.75) is 101 Å². The number of para-hydroxylation sites is 1. The summed E-state index contributed by atoms with van der Waals surface area (Å²) in [5.41, 5.74) is 7.72. The van der Waals surface area contributed by atoms with Gasteiger partial charge in [0, 0.05) is 28.5 Å². The van der Waals surface area contributed by atoms with E-state index in [0.717, 1.165) is 48.1 Å². The summed E-state index contributed by atoms with van der Waals surface area (Å²) in [5.74, 6) is 0.206. The number of rotatable bonds is 15. The van der Waals surface area contributed by atoms with Crippen LogP contribution in [-0.2, 0) is 36.5 Å². The molecule has 1 aromatic heterocycles. The maximum absolute atomic E-state index is 13.5. The summed E-state index contributed by atoms with van der Waals surface area (Å²) in [6.07, 6.45) is 9.04. The molecule has 9 nitrogen and oxygen atoms in total. The van der Waals surface area contributed by atoms with Crippen molar-refractivity contribution in [2.75, 3.05) is 6.54 Å². The molecular formula is C34H42ClN3O6S. The highest BCUT2D eigenvalue weighted by molar-refractivity contribution is 7.89. The molecular weight excluding hydrogens is 614 g/mol. The largest absolute Gasteiger partial charge is 0.490 e. The van der Waals surface area contributed by atoms with Crippen LogP contribution >= 0.6 is 11.6 Å². The van der Waals surface area contributed by atoms with E-state index in [-0.39, 0.29) is 24.0 Å². The second-order valence-electron chi connectivity index (χ2n) is 12.8. The Balaban J connectivity index is 1.34. The summed E-state index contributed by atoms with van der Waals surface area (Å²) < 4.78 is 47.8. The molecule has 2 saturated carbocycles. The standard InChI is InChI=1S/C34H42ClN3O6S/c1-33(2,3)44-32(39)30(9-6-7-18-36)38-45(40,41)25-13-14-29(35)23(20-25)22-42-34(16-17-34)28-21-37-19-15-26(28)27-8-4-5-10-31(27)43-24-11-12-24/h4-5,8,10,13-15,19-21,24,30,38H,6-7,9,11-12,16-18,22,36H2,1-3H3/t30-/m0/s1. The molecule has 5 rings (SSSR count). The van der Waals surface area contributed by atoms with Crippen LogP contribution in [0.5, 0.6) is 5.75 Å². The molecule has 0 spiro atoms. The molecule has 3 aromatic rings. The molecule has 1 heterocycles. The summed E-state index contributed by atoms with van der Waals surface area (Å²) in [4.78, 5) is 17.3. The third-order valence-corrected chi connectivity index (χ3v) is 9.62. The summed E-state index contributed by atoms with van der Waals surface area (Å²) in [5, 5.41) is 0.381. The number of nitrogens with zero attached hydrogens (tertiary/aromatic N) is 1. The van der Waals surface area contributed by atoms with Crippen LogP contribution in [0, 0.1) is 0 Å². The lowest BCUT2D eigenvalue weighted by Crippen LogP contribution is -2.44. The third kappa shape index (κ3) is 8.62. The molecule has 242 valence electrons. The zero-order valence-corrected chi connectivity index (χ0v) is 27.6. The monoisotopic (exact) mass is 655 g/mol. The van der Waals surface area contributed by atoms with Crippen molar-refractivity contribution in [3.05, 3.63) is 77.1 Å². The van der Waals surface area contributed by atoms with Gasteiger partial charge in [-0.15, -0.1) is 0 Å². The topological polar surface area (TPSA) is 130 Å². The maximum Gasteiger partial charge on any atom is 0.324 e. The predicted molar refractivity (Wildman–Crippen MR) is 173 cm³/mol. The predicted octanol–water partition coefficient (Wildman–Crippen LogP) is 6.27. The van der Waals surface area contributed by atoms with Crippen molar-refractivity contribution >= 4 is 27.6 Å². The highest BCUT2D eigenvalue weighted by atomic mass is 35.5. The Morgan fingerprint density at radius 1 is 1.11 bits per heavy atom. The first kappa shape index (κ1) is 33.3. The minimum Gasteiger partial charge on any atom is -0.490 e. The summed E-state index contributed by atoms with van der Waals surface area (Å²) in [7, 11) is -4.10. The van der Waals surface area contributed by atoms with Gasteiger partial charge in [0.15, 0.2) is 0 Å². The van der Waals surface area contributed by atoms with E-state index in [1.165, 1.54) is 18.2 Å². The average molecular weight is 656 g/mol. The smallest absolute Gasteiger partial charge is 0.324 e. The van der Waals surface area contributed by atoms with Crippen molar-refractivity contribution < 1.29 is 27.4 Å². The van der Waals surface area contributed by atoms with Gasteiger partial charge in [0.25, 0.3) is 0 Å². The fourth-order valence-electron chi connectivity index (χ4n) is 5.15. The van der Waals surface area contributed by atoms with E-state index < -0.39 is 33.2 Å². The number of carbonyl (C=O) groups excluding carboxylic acids is 1. The molecule has 0 amide bonds. The number of esters is 1. The SMILES string of the molecule is CC(C)(C)OC(=O)[C@H](CCCCN)NS(=O)(=O)c1ccc(Cl)c(COC2(c3cnccc3-c3ccccc3OC3CC3)CC2)c1. The number of unbranched alkanes of at least 4 members (excludes halogenated alkanes) is 1. The Labute approximate surface area is 270 Å². The van der Waals surface area contributed by atoms with Crippen LogP contribution in [-0.4, -0.2) is 43.7 Å². The Bertz CT molecular complexity index is 1620. The van der Waals surface area contributed by atoms with Crippen LogP contribution in [0.2, 0.25) is 5.02 Å². The molecule has 0 radical (unpaired) electrons. The number of pyridine rings is 1. The Hall–Kier alpha value is -3.02. The molecule has 0 unspecified atom stereocenters. The molecule has 1 atom stereocenters. The number of benzene rings is 2. The quantitative estimate of drug-likeness (QED) is 0.145. The number of hydrogen-bond acceptors (Lipinski definition) is 8. The fraction of sp³-hybridized carbons (Fsp3) is 0.471. The van der Waals surface area contributed by atoms with Crippen LogP contribution < -0.4 is 15.2 Å². The second-order valence-corrected chi connectivity index (χ2v) is 14.9. The van der Waals surface area contributed by atoms with Gasteiger partial charge in [-0.3, -0.25) is 9.78 Å². The van der Waals surface area contributed by atoms with E-state index in [2.05, 4.69) is 9.71 Å². The number of hydrogen-bond donors (Lipinski definition) is 2. The van der Waals surface area contributed by atoms with Gasteiger partial charge in [-0.2, -0.15) is 4.72 Å². The zero-order chi connectivity index (χ0) is 32.2. The van der Waals surface area contributed by atoms with Gasteiger partial charge in [-0.05, 0) is 107 Å². The van der Waals surface area contributed by atoms with Gasteiger partial charge >= 0.3 is 5.97 Å². The van der Waals surface area contributed by atoms with Crippen molar-refractivity contribution in [3.63, 3.8) is 0 Å². The Morgan fingerprint density at radius 2 is 1.87 bits per heavy atom. The van der Waals surface area contributed by atoms with Crippen molar-refractivity contribution in [3.8, 4) is 16.9 Å². The maximum atomic E-state index is 13.5. The molecule has 0 bridgehead atoms. The van der Waals surface area contributed by atoms with Crippen molar-refractivity contribution in [1.29, 1.82) is 0 Å². The van der Waals surface area contributed by atoms with E-state index in [1.807, 2.05) is 36.5 Å². The zero-order valence-electron chi connectivity index (χ0n) is 26.1. The van der Waals surface area contributed by atoms with Crippen LogP contribution in [0.3, 0.4) is 0 Å². The third-order valence-electron chi connectivity index (χ3n) is 7.78. The first-order valence-corrected chi connectivity index (χ1v) is 17.4. The first-order chi connectivity index (χ1) is 21.4. The molecule has 45 heavy (non-hydrogen) atoms. The van der Waals surface area contributed by atoms with E-state index in [0.29, 0.717) is 30.0 Å². The van der Waals surface area contributed by atoms with Crippen molar-refractivity contribution in [1.82, 2.24) is 9.71 Å². The van der Waals surface area contributed by atoms with Crippen LogP contribution in [0.4, 0.5) is 0 Å². The number of halogens is 1. The fourth-order valence-corrected chi connectivity index (χ4v) is 6.59. The van der Waals surface area contributed by atoms with Crippen LogP contribution in [0.1, 0.15) is 76.8 Å². The average Bonchev–Trinajstić information content (AvgIpc) is 3.93. The number of nitrogens with one attached hydrogen (secondary N) is 1. The minimum absolute atomic E-state index is 0.0176. The molecule has 2 fully saturated rings. The number of nitrogens with two attached hydrogens (primary N) is 1.